The van der Waals surface area contributed by atoms with Crippen molar-refractivity contribution in [2.45, 2.75) is 44.8 Å². The van der Waals surface area contributed by atoms with Gasteiger partial charge in [0.2, 0.25) is 5.91 Å². The number of carbonyl (C=O) groups is 1. The van der Waals surface area contributed by atoms with Crippen LogP contribution in [0.4, 0.5) is 0 Å². The van der Waals surface area contributed by atoms with Crippen LogP contribution < -0.4 is 5.32 Å². The van der Waals surface area contributed by atoms with Crippen LogP contribution in [0.3, 0.4) is 0 Å². The number of rotatable bonds is 7. The fourth-order valence-electron chi connectivity index (χ4n) is 4.76. The third-order valence-corrected chi connectivity index (χ3v) is 6.23. The van der Waals surface area contributed by atoms with Crippen LogP contribution in [0.1, 0.15) is 49.9 Å². The molecule has 0 radical (unpaired) electrons. The highest BCUT2D eigenvalue weighted by molar-refractivity contribution is 5.81. The minimum Gasteiger partial charge on any atom is -0.368 e. The van der Waals surface area contributed by atoms with E-state index in [1.165, 1.54) is 11.1 Å². The van der Waals surface area contributed by atoms with Crippen molar-refractivity contribution in [2.24, 2.45) is 5.92 Å². The molecule has 5 heteroatoms. The number of piperidine rings is 1. The van der Waals surface area contributed by atoms with Gasteiger partial charge in [-0.05, 0) is 62.8 Å². The van der Waals surface area contributed by atoms with E-state index in [0.29, 0.717) is 12.5 Å². The molecule has 0 aliphatic carbocycles. The first-order valence-electron chi connectivity index (χ1n) is 11.5. The average Bonchev–Trinajstić information content (AvgIpc) is 3.34. The molecule has 1 aromatic heterocycles. The van der Waals surface area contributed by atoms with Gasteiger partial charge >= 0.3 is 0 Å². The molecular weight excluding hydrogens is 386 g/mol. The molecule has 0 spiro atoms. The minimum absolute atomic E-state index is 0.00503. The number of hydrogen-bond donors (Lipinski definition) is 1. The summed E-state index contributed by atoms with van der Waals surface area (Å²) in [6, 6.07) is 16.3. The Morgan fingerprint density at radius 2 is 2.03 bits per heavy atom. The summed E-state index contributed by atoms with van der Waals surface area (Å²) in [6.07, 6.45) is 7.74. The predicted molar refractivity (Wildman–Crippen MR) is 123 cm³/mol. The minimum atomic E-state index is -0.318. The molecule has 3 atom stereocenters. The lowest BCUT2D eigenvalue weighted by Crippen LogP contribution is -2.45. The molecule has 3 heterocycles. The van der Waals surface area contributed by atoms with Gasteiger partial charge in [0.15, 0.2) is 0 Å². The monoisotopic (exact) mass is 419 g/mol. The average molecular weight is 420 g/mol. The molecule has 0 bridgehead atoms. The summed E-state index contributed by atoms with van der Waals surface area (Å²) in [5.74, 6) is 0.337. The third kappa shape index (κ3) is 6.02. The smallest absolute Gasteiger partial charge is 0.249 e. The molecule has 2 aliphatic rings. The number of amides is 1. The van der Waals surface area contributed by atoms with E-state index in [2.05, 4.69) is 52.5 Å². The van der Waals surface area contributed by atoms with Crippen molar-refractivity contribution < 1.29 is 9.53 Å². The van der Waals surface area contributed by atoms with E-state index in [-0.39, 0.29) is 18.1 Å². The zero-order chi connectivity index (χ0) is 21.5. The lowest BCUT2D eigenvalue weighted by molar-refractivity contribution is -0.131. The van der Waals surface area contributed by atoms with Crippen LogP contribution in [0.25, 0.3) is 6.08 Å². The van der Waals surface area contributed by atoms with Gasteiger partial charge in [-0.3, -0.25) is 14.7 Å². The highest BCUT2D eigenvalue weighted by Gasteiger charge is 2.33. The SMILES string of the molecule is CC(=Cc1ccccc1)CN1CCCC(C(NC(=O)C2CCCO2)c2ccccn2)C1. The fourth-order valence-corrected chi connectivity index (χ4v) is 4.76. The van der Waals surface area contributed by atoms with Crippen molar-refractivity contribution in [3.05, 3.63) is 71.6 Å². The highest BCUT2D eigenvalue weighted by Crippen LogP contribution is 2.30. The molecular formula is C26H33N3O2. The first-order chi connectivity index (χ1) is 15.2. The van der Waals surface area contributed by atoms with Crippen LogP contribution in [0.15, 0.2) is 60.3 Å². The van der Waals surface area contributed by atoms with Gasteiger partial charge in [0.25, 0.3) is 0 Å². The van der Waals surface area contributed by atoms with Gasteiger partial charge in [-0.25, -0.2) is 0 Å². The van der Waals surface area contributed by atoms with Gasteiger partial charge in [-0.2, -0.15) is 0 Å². The van der Waals surface area contributed by atoms with Gasteiger partial charge in [-0.15, -0.1) is 0 Å². The van der Waals surface area contributed by atoms with Crippen LogP contribution in [-0.2, 0) is 9.53 Å². The molecule has 164 valence electrons. The normalized spacial score (nSPS) is 23.5. The first-order valence-corrected chi connectivity index (χ1v) is 11.5. The summed E-state index contributed by atoms with van der Waals surface area (Å²) < 4.78 is 5.62. The number of nitrogens with one attached hydrogen (secondary N) is 1. The number of hydrogen-bond acceptors (Lipinski definition) is 4. The maximum absolute atomic E-state index is 12.8. The summed E-state index contributed by atoms with van der Waals surface area (Å²) in [4.78, 5) is 19.9. The zero-order valence-electron chi connectivity index (χ0n) is 18.4. The van der Waals surface area contributed by atoms with E-state index >= 15 is 0 Å². The highest BCUT2D eigenvalue weighted by atomic mass is 16.5. The topological polar surface area (TPSA) is 54.5 Å². The van der Waals surface area contributed by atoms with Gasteiger partial charge < -0.3 is 10.1 Å². The summed E-state index contributed by atoms with van der Waals surface area (Å²) in [6.45, 7) is 5.86. The summed E-state index contributed by atoms with van der Waals surface area (Å²) in [5, 5.41) is 3.29. The van der Waals surface area contributed by atoms with Crippen molar-refractivity contribution in [1.29, 1.82) is 0 Å². The quantitative estimate of drug-likeness (QED) is 0.730. The van der Waals surface area contributed by atoms with Gasteiger partial charge in [-0.1, -0.05) is 48.0 Å². The van der Waals surface area contributed by atoms with Crippen molar-refractivity contribution in [1.82, 2.24) is 15.2 Å². The second kappa shape index (κ2) is 10.7. The Hall–Kier alpha value is -2.50. The molecule has 2 fully saturated rings. The molecule has 3 unspecified atom stereocenters. The molecule has 5 nitrogen and oxygen atoms in total. The number of likely N-dealkylation sites (tertiary alicyclic amines) is 1. The number of carbonyl (C=O) groups excluding carboxylic acids is 1. The Labute approximate surface area is 185 Å². The van der Waals surface area contributed by atoms with E-state index in [0.717, 1.165) is 51.0 Å². The van der Waals surface area contributed by atoms with Crippen LogP contribution in [0.5, 0.6) is 0 Å². The lowest BCUT2D eigenvalue weighted by Gasteiger charge is -2.37. The van der Waals surface area contributed by atoms with Crippen molar-refractivity contribution in [2.75, 3.05) is 26.2 Å². The standard InChI is InChI=1S/C26H33N3O2/c1-20(17-21-9-3-2-4-10-21)18-29-15-7-11-22(19-29)25(23-12-5-6-14-27-23)28-26(30)24-13-8-16-31-24/h2-6,9-10,12,14,17,22,24-25H,7-8,11,13,15-16,18-19H2,1H3,(H,28,30). The molecule has 4 rings (SSSR count). The third-order valence-electron chi connectivity index (χ3n) is 6.23. The zero-order valence-corrected chi connectivity index (χ0v) is 18.4. The van der Waals surface area contributed by atoms with E-state index in [4.69, 9.17) is 4.74 Å². The molecule has 1 amide bonds. The summed E-state index contributed by atoms with van der Waals surface area (Å²) in [5.41, 5.74) is 3.53. The van der Waals surface area contributed by atoms with E-state index in [1.807, 2.05) is 30.5 Å². The van der Waals surface area contributed by atoms with E-state index in [1.54, 1.807) is 0 Å². The van der Waals surface area contributed by atoms with Crippen molar-refractivity contribution >= 4 is 12.0 Å². The Balaban J connectivity index is 1.44. The predicted octanol–water partition coefficient (Wildman–Crippen LogP) is 4.23. The summed E-state index contributed by atoms with van der Waals surface area (Å²) in [7, 11) is 0. The number of nitrogens with zero attached hydrogens (tertiary/aromatic N) is 2. The maximum atomic E-state index is 12.8. The lowest BCUT2D eigenvalue weighted by atomic mass is 9.88. The molecule has 31 heavy (non-hydrogen) atoms. The second-order valence-electron chi connectivity index (χ2n) is 8.78. The fraction of sp³-hybridized carbons (Fsp3) is 0.462. The van der Waals surface area contributed by atoms with Crippen LogP contribution in [0, 0.1) is 5.92 Å². The number of pyridine rings is 1. The maximum Gasteiger partial charge on any atom is 0.249 e. The van der Waals surface area contributed by atoms with Crippen molar-refractivity contribution in [3.8, 4) is 0 Å². The number of benzene rings is 1. The second-order valence-corrected chi connectivity index (χ2v) is 8.78. The van der Waals surface area contributed by atoms with Gasteiger partial charge in [0.1, 0.15) is 6.10 Å². The summed E-state index contributed by atoms with van der Waals surface area (Å²) >= 11 is 0. The first kappa shape index (κ1) is 21.7. The molecule has 2 saturated heterocycles. The number of aromatic nitrogens is 1. The van der Waals surface area contributed by atoms with E-state index < -0.39 is 0 Å². The number of ether oxygens (including phenoxy) is 1. The molecule has 1 aromatic carbocycles. The Bertz CT molecular complexity index is 863. The van der Waals surface area contributed by atoms with Crippen LogP contribution in [0.2, 0.25) is 0 Å². The Kier molecular flexibility index (Phi) is 7.49. The molecule has 1 N–H and O–H groups in total. The van der Waals surface area contributed by atoms with E-state index in [9.17, 15) is 4.79 Å². The van der Waals surface area contributed by atoms with Gasteiger partial charge in [0.05, 0.1) is 11.7 Å². The van der Waals surface area contributed by atoms with Crippen LogP contribution in [-0.4, -0.2) is 48.1 Å². The molecule has 0 saturated carbocycles. The Morgan fingerprint density at radius 1 is 1.19 bits per heavy atom. The van der Waals surface area contributed by atoms with Crippen LogP contribution >= 0.6 is 0 Å². The molecule has 2 aliphatic heterocycles. The van der Waals surface area contributed by atoms with Crippen molar-refractivity contribution in [3.63, 3.8) is 0 Å². The largest absolute Gasteiger partial charge is 0.368 e. The Morgan fingerprint density at radius 3 is 2.77 bits per heavy atom. The van der Waals surface area contributed by atoms with Gasteiger partial charge in [0, 0.05) is 25.9 Å². The molecule has 2 aromatic rings.